The van der Waals surface area contributed by atoms with Gasteiger partial charge in [0.15, 0.2) is 0 Å². The number of rotatable bonds is 5. The molecule has 0 aliphatic heterocycles. The van der Waals surface area contributed by atoms with Gasteiger partial charge in [0.1, 0.15) is 5.75 Å². The fourth-order valence-electron chi connectivity index (χ4n) is 2.29. The lowest BCUT2D eigenvalue weighted by Gasteiger charge is -2.25. The van der Waals surface area contributed by atoms with Crippen molar-refractivity contribution in [3.8, 4) is 5.75 Å². The highest BCUT2D eigenvalue weighted by atomic mass is 16.5. The summed E-state index contributed by atoms with van der Waals surface area (Å²) in [6.07, 6.45) is 4.75. The number of aromatic nitrogens is 2. The number of hydrogen-bond donors (Lipinski definition) is 1. The summed E-state index contributed by atoms with van der Waals surface area (Å²) in [5, 5.41) is 4.42. The zero-order valence-corrected chi connectivity index (χ0v) is 11.7. The van der Waals surface area contributed by atoms with Gasteiger partial charge >= 0.3 is 0 Å². The zero-order valence-electron chi connectivity index (χ0n) is 11.7. The van der Waals surface area contributed by atoms with E-state index in [4.69, 9.17) is 10.5 Å². The first-order valence-electron chi connectivity index (χ1n) is 6.56. The number of benzene rings is 1. The number of nitrogens with zero attached hydrogens (tertiary/aromatic N) is 2. The summed E-state index contributed by atoms with van der Waals surface area (Å²) in [6.45, 7) is 4.11. The molecule has 1 aromatic heterocycles. The molecule has 0 fully saturated rings. The highest BCUT2D eigenvalue weighted by molar-refractivity contribution is 5.37. The van der Waals surface area contributed by atoms with Gasteiger partial charge in [0.25, 0.3) is 0 Å². The standard InChI is InChI=1S/C15H21N3O/c1-4-13(16)15(18-10-11(2)9-17-18)12-7-5-6-8-14(12)19-3/h5-10,13,15H,4,16H2,1-3H3. The van der Waals surface area contributed by atoms with Crippen molar-refractivity contribution in [1.82, 2.24) is 9.78 Å². The largest absolute Gasteiger partial charge is 0.496 e. The Morgan fingerprint density at radius 1 is 1.37 bits per heavy atom. The van der Waals surface area contributed by atoms with Gasteiger partial charge in [0, 0.05) is 17.8 Å². The van der Waals surface area contributed by atoms with Crippen molar-refractivity contribution in [3.63, 3.8) is 0 Å². The second-order valence-electron chi connectivity index (χ2n) is 4.76. The molecule has 2 N–H and O–H groups in total. The van der Waals surface area contributed by atoms with E-state index in [9.17, 15) is 0 Å². The van der Waals surface area contributed by atoms with Crippen LogP contribution in [0, 0.1) is 6.92 Å². The monoisotopic (exact) mass is 259 g/mol. The Labute approximate surface area is 114 Å². The van der Waals surface area contributed by atoms with Crippen LogP contribution in [0.15, 0.2) is 36.7 Å². The predicted molar refractivity (Wildman–Crippen MR) is 76.4 cm³/mol. The summed E-state index contributed by atoms with van der Waals surface area (Å²) < 4.78 is 7.38. The highest BCUT2D eigenvalue weighted by Gasteiger charge is 2.24. The summed E-state index contributed by atoms with van der Waals surface area (Å²) in [4.78, 5) is 0. The minimum atomic E-state index is -0.00477. The van der Waals surface area contributed by atoms with Crippen LogP contribution >= 0.6 is 0 Å². The summed E-state index contributed by atoms with van der Waals surface area (Å²) in [5.74, 6) is 0.851. The van der Waals surface area contributed by atoms with Crippen molar-refractivity contribution < 1.29 is 4.74 Å². The Kier molecular flexibility index (Phi) is 4.22. The molecule has 0 amide bonds. The fourth-order valence-corrected chi connectivity index (χ4v) is 2.29. The quantitative estimate of drug-likeness (QED) is 0.897. The topological polar surface area (TPSA) is 53.1 Å². The molecule has 0 radical (unpaired) electrons. The lowest BCUT2D eigenvalue weighted by atomic mass is 9.97. The molecular weight excluding hydrogens is 238 g/mol. The Morgan fingerprint density at radius 2 is 2.11 bits per heavy atom. The molecule has 0 aliphatic carbocycles. The first-order chi connectivity index (χ1) is 9.17. The lowest BCUT2D eigenvalue weighted by Crippen LogP contribution is -2.33. The summed E-state index contributed by atoms with van der Waals surface area (Å²) in [6, 6.07) is 7.97. The van der Waals surface area contributed by atoms with Crippen LogP contribution < -0.4 is 10.5 Å². The van der Waals surface area contributed by atoms with E-state index in [0.717, 1.165) is 23.3 Å². The third-order valence-corrected chi connectivity index (χ3v) is 3.35. The van der Waals surface area contributed by atoms with E-state index in [0.29, 0.717) is 0 Å². The smallest absolute Gasteiger partial charge is 0.124 e. The number of aryl methyl sites for hydroxylation is 1. The molecular formula is C15H21N3O. The van der Waals surface area contributed by atoms with Crippen molar-refractivity contribution in [1.29, 1.82) is 0 Å². The summed E-state index contributed by atoms with van der Waals surface area (Å²) in [7, 11) is 1.68. The molecule has 1 heterocycles. The Hall–Kier alpha value is -1.81. The van der Waals surface area contributed by atoms with Gasteiger partial charge in [-0.3, -0.25) is 4.68 Å². The first kappa shape index (κ1) is 13.6. The van der Waals surface area contributed by atoms with Crippen LogP contribution in [-0.4, -0.2) is 22.9 Å². The molecule has 4 heteroatoms. The summed E-state index contributed by atoms with van der Waals surface area (Å²) >= 11 is 0. The third-order valence-electron chi connectivity index (χ3n) is 3.35. The van der Waals surface area contributed by atoms with Crippen LogP contribution in [0.2, 0.25) is 0 Å². The molecule has 2 aromatic rings. The molecule has 2 atom stereocenters. The van der Waals surface area contributed by atoms with Crippen LogP contribution in [0.1, 0.15) is 30.5 Å². The molecule has 0 spiro atoms. The van der Waals surface area contributed by atoms with Gasteiger partial charge in [-0.25, -0.2) is 0 Å². The Bertz CT molecular complexity index is 536. The molecule has 1 aromatic carbocycles. The van der Waals surface area contributed by atoms with E-state index < -0.39 is 0 Å². The van der Waals surface area contributed by atoms with E-state index in [1.54, 1.807) is 7.11 Å². The SMILES string of the molecule is CCC(N)C(c1ccccc1OC)n1cc(C)cn1. The molecule has 4 nitrogen and oxygen atoms in total. The molecule has 0 bridgehead atoms. The van der Waals surface area contributed by atoms with E-state index >= 15 is 0 Å². The molecule has 2 rings (SSSR count). The average Bonchev–Trinajstić information content (AvgIpc) is 2.85. The first-order valence-corrected chi connectivity index (χ1v) is 6.56. The Morgan fingerprint density at radius 3 is 2.68 bits per heavy atom. The molecule has 0 saturated carbocycles. The van der Waals surface area contributed by atoms with E-state index in [1.165, 1.54) is 0 Å². The van der Waals surface area contributed by atoms with Crippen LogP contribution in [0.3, 0.4) is 0 Å². The van der Waals surface area contributed by atoms with Crippen molar-refractivity contribution in [2.45, 2.75) is 32.4 Å². The maximum atomic E-state index is 6.30. The second-order valence-corrected chi connectivity index (χ2v) is 4.76. The van der Waals surface area contributed by atoms with Gasteiger partial charge in [-0.05, 0) is 25.0 Å². The lowest BCUT2D eigenvalue weighted by molar-refractivity contribution is 0.376. The second kappa shape index (κ2) is 5.89. The van der Waals surface area contributed by atoms with Gasteiger partial charge in [0.2, 0.25) is 0 Å². The van der Waals surface area contributed by atoms with Crippen LogP contribution in [-0.2, 0) is 0 Å². The third kappa shape index (κ3) is 2.79. The Balaban J connectivity index is 2.48. The molecule has 2 unspecified atom stereocenters. The number of methoxy groups -OCH3 is 1. The fraction of sp³-hybridized carbons (Fsp3) is 0.400. The molecule has 0 saturated heterocycles. The number of nitrogens with two attached hydrogens (primary N) is 1. The van der Waals surface area contributed by atoms with Crippen molar-refractivity contribution in [3.05, 3.63) is 47.8 Å². The predicted octanol–water partition coefficient (Wildman–Crippen LogP) is 2.53. The van der Waals surface area contributed by atoms with Crippen molar-refractivity contribution in [2.75, 3.05) is 7.11 Å². The van der Waals surface area contributed by atoms with Crippen LogP contribution in [0.4, 0.5) is 0 Å². The molecule has 0 aliphatic rings. The number of ether oxygens (including phenoxy) is 1. The zero-order chi connectivity index (χ0) is 13.8. The number of hydrogen-bond acceptors (Lipinski definition) is 3. The van der Waals surface area contributed by atoms with E-state index in [-0.39, 0.29) is 12.1 Å². The molecule has 102 valence electrons. The minimum absolute atomic E-state index is 0.00407. The van der Waals surface area contributed by atoms with Gasteiger partial charge in [0.05, 0.1) is 19.3 Å². The number of para-hydroxylation sites is 1. The van der Waals surface area contributed by atoms with Gasteiger partial charge in [-0.1, -0.05) is 25.1 Å². The maximum Gasteiger partial charge on any atom is 0.124 e. The van der Waals surface area contributed by atoms with E-state index in [1.807, 2.05) is 42.2 Å². The van der Waals surface area contributed by atoms with Crippen LogP contribution in [0.5, 0.6) is 5.75 Å². The van der Waals surface area contributed by atoms with Crippen molar-refractivity contribution >= 4 is 0 Å². The van der Waals surface area contributed by atoms with E-state index in [2.05, 4.69) is 18.1 Å². The maximum absolute atomic E-state index is 6.30. The normalized spacial score (nSPS) is 14.1. The minimum Gasteiger partial charge on any atom is -0.496 e. The molecule has 19 heavy (non-hydrogen) atoms. The van der Waals surface area contributed by atoms with Gasteiger partial charge in [-0.2, -0.15) is 5.10 Å². The summed E-state index contributed by atoms with van der Waals surface area (Å²) in [5.41, 5.74) is 8.50. The highest BCUT2D eigenvalue weighted by Crippen LogP contribution is 2.30. The van der Waals surface area contributed by atoms with Crippen molar-refractivity contribution in [2.24, 2.45) is 5.73 Å². The van der Waals surface area contributed by atoms with Gasteiger partial charge < -0.3 is 10.5 Å². The average molecular weight is 259 g/mol. The van der Waals surface area contributed by atoms with Gasteiger partial charge in [-0.15, -0.1) is 0 Å². The van der Waals surface area contributed by atoms with Crippen LogP contribution in [0.25, 0.3) is 0 Å².